The van der Waals surface area contributed by atoms with E-state index in [9.17, 15) is 18.0 Å². The van der Waals surface area contributed by atoms with Gasteiger partial charge in [0, 0.05) is 62.0 Å². The molecule has 4 aromatic rings. The minimum Gasteiger partial charge on any atom is -0.497 e. The number of methoxy groups -OCH3 is 1. The Labute approximate surface area is 234 Å². The number of ether oxygens (including phenoxy) is 1. The van der Waals surface area contributed by atoms with E-state index < -0.39 is 11.9 Å². The summed E-state index contributed by atoms with van der Waals surface area (Å²) in [6, 6.07) is 11.3. The van der Waals surface area contributed by atoms with Crippen molar-refractivity contribution in [2.45, 2.75) is 6.18 Å². The van der Waals surface area contributed by atoms with Crippen molar-refractivity contribution in [2.75, 3.05) is 51.3 Å². The lowest BCUT2D eigenvalue weighted by molar-refractivity contribution is -0.140. The Kier molecular flexibility index (Phi) is 8.94. The summed E-state index contributed by atoms with van der Waals surface area (Å²) in [4.78, 5) is 25.4. The number of amides is 1. The Morgan fingerprint density at radius 3 is 2.62 bits per heavy atom. The maximum absolute atomic E-state index is 13.4. The number of fused-ring (bicyclic) bond motifs is 1. The van der Waals surface area contributed by atoms with E-state index in [2.05, 4.69) is 25.1 Å². The molecule has 1 amide bonds. The van der Waals surface area contributed by atoms with Crippen LogP contribution >= 0.6 is 23.7 Å². The highest BCUT2D eigenvalue weighted by Gasteiger charge is 2.33. The van der Waals surface area contributed by atoms with E-state index in [4.69, 9.17) is 4.74 Å². The number of piperazine rings is 1. The van der Waals surface area contributed by atoms with Crippen LogP contribution in [-0.2, 0) is 6.18 Å². The standard InChI is InChI=1S/C27H26F3N5O2S.ClH/c1-37-20-4-2-3-18(15-20)26(36)31-8-9-34-10-12-35(13-11-34)25-21-5-6-23(27(28,29)30)33-24(21)22(16-32-25)19-7-14-38-17-19;/h2-7,14-17H,8-13H2,1H3,(H,31,36);1H. The van der Waals surface area contributed by atoms with Gasteiger partial charge in [0.1, 0.15) is 17.3 Å². The molecule has 5 rings (SSSR count). The second kappa shape index (κ2) is 12.2. The molecule has 0 unspecified atom stereocenters. The summed E-state index contributed by atoms with van der Waals surface area (Å²) < 4.78 is 45.5. The van der Waals surface area contributed by atoms with E-state index >= 15 is 0 Å². The second-order valence-corrected chi connectivity index (χ2v) is 9.69. The molecule has 1 aliphatic heterocycles. The number of hydrogen-bond acceptors (Lipinski definition) is 7. The normalized spacial score (nSPS) is 14.2. The fourth-order valence-electron chi connectivity index (χ4n) is 4.52. The van der Waals surface area contributed by atoms with Crippen LogP contribution in [0.25, 0.3) is 22.0 Å². The summed E-state index contributed by atoms with van der Waals surface area (Å²) in [6.07, 6.45) is -2.91. The van der Waals surface area contributed by atoms with Crippen LogP contribution in [0.3, 0.4) is 0 Å². The average molecular weight is 578 g/mol. The van der Waals surface area contributed by atoms with Crippen LogP contribution in [0.5, 0.6) is 5.75 Å². The van der Waals surface area contributed by atoms with Crippen molar-refractivity contribution in [1.82, 2.24) is 20.2 Å². The lowest BCUT2D eigenvalue weighted by atomic mass is 10.1. The number of nitrogens with one attached hydrogen (secondary N) is 1. The number of rotatable bonds is 7. The number of aromatic nitrogens is 2. The fraction of sp³-hybridized carbons (Fsp3) is 0.296. The third-order valence-corrected chi connectivity index (χ3v) is 7.23. The molecular formula is C27H27ClF3N5O2S. The van der Waals surface area contributed by atoms with Gasteiger partial charge in [-0.05, 0) is 52.7 Å². The summed E-state index contributed by atoms with van der Waals surface area (Å²) in [7, 11) is 1.56. The van der Waals surface area contributed by atoms with Crippen LogP contribution < -0.4 is 15.0 Å². The van der Waals surface area contributed by atoms with E-state index in [-0.39, 0.29) is 18.3 Å². The molecule has 0 saturated carbocycles. The molecule has 0 atom stereocenters. The van der Waals surface area contributed by atoms with Gasteiger partial charge in [0.15, 0.2) is 0 Å². The number of benzene rings is 1. The first-order chi connectivity index (χ1) is 18.3. The zero-order chi connectivity index (χ0) is 26.7. The Morgan fingerprint density at radius 1 is 1.13 bits per heavy atom. The average Bonchev–Trinajstić information content (AvgIpc) is 3.47. The molecule has 1 aliphatic rings. The van der Waals surface area contributed by atoms with Crippen molar-refractivity contribution < 1.29 is 22.7 Å². The Bertz CT molecular complexity index is 1430. The predicted octanol–water partition coefficient (Wildman–Crippen LogP) is 5.36. The number of nitrogens with zero attached hydrogens (tertiary/aromatic N) is 4. The fourth-order valence-corrected chi connectivity index (χ4v) is 5.17. The van der Waals surface area contributed by atoms with Crippen molar-refractivity contribution in [3.63, 3.8) is 0 Å². The van der Waals surface area contributed by atoms with Crippen molar-refractivity contribution in [1.29, 1.82) is 0 Å². The van der Waals surface area contributed by atoms with Gasteiger partial charge in [0.05, 0.1) is 12.6 Å². The highest BCUT2D eigenvalue weighted by atomic mass is 35.5. The minimum atomic E-state index is -4.53. The molecule has 0 aliphatic carbocycles. The third kappa shape index (κ3) is 6.43. The van der Waals surface area contributed by atoms with Crippen LogP contribution in [0.15, 0.2) is 59.4 Å². The van der Waals surface area contributed by atoms with Gasteiger partial charge in [-0.2, -0.15) is 24.5 Å². The lowest BCUT2D eigenvalue weighted by Gasteiger charge is -2.36. The predicted molar refractivity (Wildman–Crippen MR) is 149 cm³/mol. The lowest BCUT2D eigenvalue weighted by Crippen LogP contribution is -2.48. The molecule has 0 radical (unpaired) electrons. The third-order valence-electron chi connectivity index (χ3n) is 6.55. The summed E-state index contributed by atoms with van der Waals surface area (Å²) in [5.74, 6) is 1.10. The Hall–Kier alpha value is -3.41. The van der Waals surface area contributed by atoms with Gasteiger partial charge in [-0.15, -0.1) is 12.4 Å². The number of carbonyl (C=O) groups excluding carboxylic acids is 1. The summed E-state index contributed by atoms with van der Waals surface area (Å²) >= 11 is 1.47. The second-order valence-electron chi connectivity index (χ2n) is 8.91. The first-order valence-electron chi connectivity index (χ1n) is 12.1. The maximum atomic E-state index is 13.4. The minimum absolute atomic E-state index is 0. The van der Waals surface area contributed by atoms with Gasteiger partial charge in [0.2, 0.25) is 0 Å². The zero-order valence-corrected chi connectivity index (χ0v) is 22.7. The number of alkyl halides is 3. The first kappa shape index (κ1) is 28.6. The molecule has 3 aromatic heterocycles. The van der Waals surface area contributed by atoms with Crippen molar-refractivity contribution in [3.05, 3.63) is 70.7 Å². The molecule has 4 heterocycles. The monoisotopic (exact) mass is 577 g/mol. The van der Waals surface area contributed by atoms with Crippen LogP contribution in [0.1, 0.15) is 16.1 Å². The highest BCUT2D eigenvalue weighted by Crippen LogP contribution is 2.36. The van der Waals surface area contributed by atoms with Gasteiger partial charge in [0.25, 0.3) is 5.91 Å². The number of anilines is 1. The van der Waals surface area contributed by atoms with Crippen molar-refractivity contribution in [3.8, 4) is 16.9 Å². The molecule has 12 heteroatoms. The quantitative estimate of drug-likeness (QED) is 0.319. The molecule has 1 N–H and O–H groups in total. The molecule has 7 nitrogen and oxygen atoms in total. The van der Waals surface area contributed by atoms with Crippen molar-refractivity contribution in [2.24, 2.45) is 0 Å². The van der Waals surface area contributed by atoms with Crippen LogP contribution in [0.4, 0.5) is 19.0 Å². The van der Waals surface area contributed by atoms with Gasteiger partial charge in [-0.1, -0.05) is 6.07 Å². The number of halogens is 4. The largest absolute Gasteiger partial charge is 0.497 e. The topological polar surface area (TPSA) is 70.6 Å². The molecular weight excluding hydrogens is 551 g/mol. The summed E-state index contributed by atoms with van der Waals surface area (Å²) in [5, 5.41) is 7.29. The number of carbonyl (C=O) groups is 1. The Balaban J connectivity index is 0.00000353. The van der Waals surface area contributed by atoms with E-state index in [0.717, 1.165) is 24.7 Å². The molecule has 39 heavy (non-hydrogen) atoms. The van der Waals surface area contributed by atoms with Crippen LogP contribution in [0.2, 0.25) is 0 Å². The Morgan fingerprint density at radius 2 is 1.92 bits per heavy atom. The first-order valence-corrected chi connectivity index (χ1v) is 13.1. The smallest absolute Gasteiger partial charge is 0.433 e. The van der Waals surface area contributed by atoms with Gasteiger partial charge >= 0.3 is 6.18 Å². The summed E-state index contributed by atoms with van der Waals surface area (Å²) in [5.41, 5.74) is 1.30. The molecule has 1 fully saturated rings. The van der Waals surface area contributed by atoms with E-state index in [1.807, 2.05) is 16.8 Å². The zero-order valence-electron chi connectivity index (χ0n) is 21.1. The molecule has 1 aromatic carbocycles. The maximum Gasteiger partial charge on any atom is 0.433 e. The SMILES string of the molecule is COc1cccc(C(=O)NCCN2CCN(c3ncc(-c4ccsc4)c4nc(C(F)(F)F)ccc34)CC2)c1.Cl. The van der Waals surface area contributed by atoms with E-state index in [1.54, 1.807) is 37.6 Å². The van der Waals surface area contributed by atoms with Gasteiger partial charge in [-0.3, -0.25) is 9.69 Å². The number of pyridine rings is 2. The highest BCUT2D eigenvalue weighted by molar-refractivity contribution is 7.08. The molecule has 0 spiro atoms. The molecule has 1 saturated heterocycles. The van der Waals surface area contributed by atoms with E-state index in [0.29, 0.717) is 59.8 Å². The van der Waals surface area contributed by atoms with Crippen LogP contribution in [-0.4, -0.2) is 67.2 Å². The van der Waals surface area contributed by atoms with Crippen LogP contribution in [0, 0.1) is 0 Å². The summed E-state index contributed by atoms with van der Waals surface area (Å²) in [6.45, 7) is 3.97. The van der Waals surface area contributed by atoms with E-state index in [1.165, 1.54) is 17.4 Å². The van der Waals surface area contributed by atoms with Crippen molar-refractivity contribution >= 4 is 46.4 Å². The van der Waals surface area contributed by atoms with Gasteiger partial charge < -0.3 is 15.0 Å². The number of hydrogen-bond donors (Lipinski definition) is 1. The van der Waals surface area contributed by atoms with Gasteiger partial charge in [-0.25, -0.2) is 9.97 Å². The number of thiophene rings is 1. The molecule has 0 bridgehead atoms. The molecule has 206 valence electrons.